The summed E-state index contributed by atoms with van der Waals surface area (Å²) in [6.07, 6.45) is 4.31. The molecule has 2 aromatic rings. The molecular weight excluding hydrogens is 270 g/mol. The molecule has 0 atom stereocenters. The van der Waals surface area contributed by atoms with Crippen LogP contribution in [0.4, 0.5) is 5.69 Å². The molecule has 0 saturated heterocycles. The molecule has 0 aromatic heterocycles. The second-order valence-corrected chi connectivity index (χ2v) is 7.10. The molecule has 1 aliphatic rings. The number of rotatable bonds is 5. The van der Waals surface area contributed by atoms with Crippen LogP contribution in [0.5, 0.6) is 0 Å². The number of hydrogen-bond acceptors (Lipinski definition) is 2. The van der Waals surface area contributed by atoms with Crippen LogP contribution < -0.4 is 4.31 Å². The molecule has 0 saturated carbocycles. The summed E-state index contributed by atoms with van der Waals surface area (Å²) in [5.74, 6) is 0. The Bertz CT molecular complexity index is 732. The smallest absolute Gasteiger partial charge is 0.265 e. The maximum atomic E-state index is 12.7. The highest BCUT2D eigenvalue weighted by Gasteiger charge is 2.34. The standard InChI is InChI=1S/C16H19NO2S/c1-2-3-4-5-12-17-14-10-6-8-13-9-7-11-15(16(13)14)20(17,18)19/h6-11H,2-5,12H2,1H3. The number of nitrogens with zero attached hydrogens (tertiary/aromatic N) is 1. The van der Waals surface area contributed by atoms with Crippen LogP contribution in [0.1, 0.15) is 32.6 Å². The van der Waals surface area contributed by atoms with Crippen LogP contribution in [-0.4, -0.2) is 15.0 Å². The summed E-state index contributed by atoms with van der Waals surface area (Å²) in [4.78, 5) is 0.459. The molecule has 106 valence electrons. The van der Waals surface area contributed by atoms with Gasteiger partial charge in [0.2, 0.25) is 0 Å². The van der Waals surface area contributed by atoms with E-state index in [0.29, 0.717) is 11.4 Å². The molecule has 0 unspecified atom stereocenters. The maximum absolute atomic E-state index is 12.7. The number of hydrogen-bond donors (Lipinski definition) is 0. The lowest BCUT2D eigenvalue weighted by Crippen LogP contribution is -2.28. The highest BCUT2D eigenvalue weighted by atomic mass is 32.2. The summed E-state index contributed by atoms with van der Waals surface area (Å²) in [5.41, 5.74) is 0.842. The van der Waals surface area contributed by atoms with Crippen molar-refractivity contribution in [2.75, 3.05) is 10.8 Å². The zero-order valence-corrected chi connectivity index (χ0v) is 12.5. The summed E-state index contributed by atoms with van der Waals surface area (Å²) in [6.45, 7) is 2.74. The van der Waals surface area contributed by atoms with Gasteiger partial charge in [0.05, 0.1) is 10.6 Å². The molecule has 20 heavy (non-hydrogen) atoms. The highest BCUT2D eigenvalue weighted by Crippen LogP contribution is 2.41. The predicted molar refractivity (Wildman–Crippen MR) is 82.6 cm³/mol. The Morgan fingerprint density at radius 2 is 1.75 bits per heavy atom. The molecule has 0 fully saturated rings. The fourth-order valence-corrected chi connectivity index (χ4v) is 4.63. The maximum Gasteiger partial charge on any atom is 0.265 e. The lowest BCUT2D eigenvalue weighted by Gasteiger charge is -2.18. The van der Waals surface area contributed by atoms with Crippen LogP contribution in [0.3, 0.4) is 0 Å². The van der Waals surface area contributed by atoms with Crippen LogP contribution in [0, 0.1) is 0 Å². The summed E-state index contributed by atoms with van der Waals surface area (Å²) in [6, 6.07) is 11.3. The van der Waals surface area contributed by atoms with E-state index in [1.807, 2.05) is 30.3 Å². The molecule has 3 nitrogen and oxygen atoms in total. The van der Waals surface area contributed by atoms with Gasteiger partial charge in [-0.25, -0.2) is 8.42 Å². The number of unbranched alkanes of at least 4 members (excludes halogenated alkanes) is 3. The average Bonchev–Trinajstić information content (AvgIpc) is 2.67. The third kappa shape index (κ3) is 1.99. The zero-order valence-electron chi connectivity index (χ0n) is 11.7. The monoisotopic (exact) mass is 289 g/mol. The Kier molecular flexibility index (Phi) is 3.42. The van der Waals surface area contributed by atoms with Crippen molar-refractivity contribution < 1.29 is 8.42 Å². The Balaban J connectivity index is 2.00. The lowest BCUT2D eigenvalue weighted by atomic mass is 10.1. The molecule has 0 spiro atoms. The van der Waals surface area contributed by atoms with Crippen LogP contribution in [0.25, 0.3) is 10.8 Å². The topological polar surface area (TPSA) is 37.4 Å². The Morgan fingerprint density at radius 3 is 2.50 bits per heavy atom. The summed E-state index contributed by atoms with van der Waals surface area (Å²) < 4.78 is 26.9. The van der Waals surface area contributed by atoms with E-state index in [0.717, 1.165) is 42.1 Å². The first-order chi connectivity index (χ1) is 9.66. The van der Waals surface area contributed by atoms with Crippen molar-refractivity contribution in [3.05, 3.63) is 36.4 Å². The van der Waals surface area contributed by atoms with Crippen molar-refractivity contribution in [1.29, 1.82) is 0 Å². The van der Waals surface area contributed by atoms with Gasteiger partial charge < -0.3 is 0 Å². The fraction of sp³-hybridized carbons (Fsp3) is 0.375. The minimum Gasteiger partial charge on any atom is -0.266 e. The van der Waals surface area contributed by atoms with E-state index in [1.54, 1.807) is 10.4 Å². The van der Waals surface area contributed by atoms with Gasteiger partial charge in [-0.1, -0.05) is 50.5 Å². The molecule has 3 rings (SSSR count). The number of sulfonamides is 1. The van der Waals surface area contributed by atoms with Crippen molar-refractivity contribution in [1.82, 2.24) is 0 Å². The summed E-state index contributed by atoms with van der Waals surface area (Å²) >= 11 is 0. The second-order valence-electron chi connectivity index (χ2n) is 5.27. The molecule has 0 radical (unpaired) electrons. The van der Waals surface area contributed by atoms with E-state index in [9.17, 15) is 8.42 Å². The van der Waals surface area contributed by atoms with E-state index >= 15 is 0 Å². The molecule has 2 aromatic carbocycles. The van der Waals surface area contributed by atoms with E-state index in [-0.39, 0.29) is 0 Å². The van der Waals surface area contributed by atoms with Gasteiger partial charge in [-0.15, -0.1) is 0 Å². The van der Waals surface area contributed by atoms with Gasteiger partial charge in [-0.05, 0) is 23.9 Å². The van der Waals surface area contributed by atoms with Crippen LogP contribution >= 0.6 is 0 Å². The largest absolute Gasteiger partial charge is 0.266 e. The Hall–Kier alpha value is -1.55. The molecule has 4 heteroatoms. The van der Waals surface area contributed by atoms with Gasteiger partial charge in [0, 0.05) is 11.9 Å². The van der Waals surface area contributed by atoms with Gasteiger partial charge in [-0.3, -0.25) is 4.31 Å². The van der Waals surface area contributed by atoms with Gasteiger partial charge >= 0.3 is 0 Å². The van der Waals surface area contributed by atoms with Crippen LogP contribution in [0.15, 0.2) is 41.3 Å². The number of benzene rings is 2. The van der Waals surface area contributed by atoms with Crippen molar-refractivity contribution in [2.24, 2.45) is 0 Å². The molecule has 0 N–H and O–H groups in total. The lowest BCUT2D eigenvalue weighted by molar-refractivity contribution is 0.589. The third-order valence-electron chi connectivity index (χ3n) is 3.90. The first-order valence-electron chi connectivity index (χ1n) is 7.21. The van der Waals surface area contributed by atoms with E-state index in [1.165, 1.54) is 0 Å². The van der Waals surface area contributed by atoms with Crippen molar-refractivity contribution in [2.45, 2.75) is 37.5 Å². The van der Waals surface area contributed by atoms with E-state index in [2.05, 4.69) is 6.92 Å². The molecule has 1 heterocycles. The minimum atomic E-state index is -3.35. The van der Waals surface area contributed by atoms with Gasteiger partial charge in [0.25, 0.3) is 10.0 Å². The normalized spacial score (nSPS) is 15.9. The molecule has 1 aliphatic heterocycles. The SMILES string of the molecule is CCCCCCN1c2cccc3cccc(c23)S1(=O)=O. The fourth-order valence-electron chi connectivity index (χ4n) is 2.88. The Labute approximate surface area is 120 Å². The van der Waals surface area contributed by atoms with Crippen molar-refractivity contribution in [3.8, 4) is 0 Å². The molecule has 0 bridgehead atoms. The highest BCUT2D eigenvalue weighted by molar-refractivity contribution is 7.93. The third-order valence-corrected chi connectivity index (χ3v) is 5.75. The zero-order chi connectivity index (χ0) is 14.2. The number of anilines is 1. The predicted octanol–water partition coefficient (Wildman–Crippen LogP) is 3.93. The average molecular weight is 289 g/mol. The summed E-state index contributed by atoms with van der Waals surface area (Å²) in [7, 11) is -3.35. The minimum absolute atomic E-state index is 0.459. The molecule has 0 aliphatic carbocycles. The van der Waals surface area contributed by atoms with E-state index in [4.69, 9.17) is 0 Å². The van der Waals surface area contributed by atoms with E-state index < -0.39 is 10.0 Å². The van der Waals surface area contributed by atoms with Gasteiger partial charge in [0.1, 0.15) is 0 Å². The quantitative estimate of drug-likeness (QED) is 0.782. The first-order valence-corrected chi connectivity index (χ1v) is 8.65. The molecule has 0 amide bonds. The van der Waals surface area contributed by atoms with Crippen molar-refractivity contribution >= 4 is 26.5 Å². The Morgan fingerprint density at radius 1 is 1.00 bits per heavy atom. The van der Waals surface area contributed by atoms with Crippen LogP contribution in [0.2, 0.25) is 0 Å². The molecular formula is C16H19NO2S. The van der Waals surface area contributed by atoms with Gasteiger partial charge in [0.15, 0.2) is 0 Å². The second kappa shape index (κ2) is 5.09. The summed E-state index contributed by atoms with van der Waals surface area (Å²) in [5, 5.41) is 1.88. The van der Waals surface area contributed by atoms with Crippen LogP contribution in [-0.2, 0) is 10.0 Å². The first kappa shape index (κ1) is 13.4. The van der Waals surface area contributed by atoms with Gasteiger partial charge in [-0.2, -0.15) is 0 Å². The van der Waals surface area contributed by atoms with Crippen molar-refractivity contribution in [3.63, 3.8) is 0 Å².